The number of aryl methyl sites for hydroxylation is 1. The highest BCUT2D eigenvalue weighted by Gasteiger charge is 2.15. The Morgan fingerprint density at radius 2 is 1.73 bits per heavy atom. The van der Waals surface area contributed by atoms with Crippen LogP contribution in [0.2, 0.25) is 0 Å². The van der Waals surface area contributed by atoms with Crippen LogP contribution in [0.1, 0.15) is 11.5 Å². The number of hydrogen-bond acceptors (Lipinski definition) is 7. The van der Waals surface area contributed by atoms with E-state index in [1.807, 2.05) is 54.6 Å². The van der Waals surface area contributed by atoms with Gasteiger partial charge in [-0.25, -0.2) is 19.9 Å². The molecule has 0 N–H and O–H groups in total. The van der Waals surface area contributed by atoms with Gasteiger partial charge in [-0.2, -0.15) is 0 Å². The third kappa shape index (κ3) is 3.69. The second kappa shape index (κ2) is 8.08. The molecule has 2 aromatic carbocycles. The number of thioether (sulfide) groups is 1. The smallest absolute Gasteiger partial charge is 0.282 e. The summed E-state index contributed by atoms with van der Waals surface area (Å²) in [4.78, 5) is 30.6. The molecule has 0 amide bonds. The Balaban J connectivity index is 1.47. The summed E-state index contributed by atoms with van der Waals surface area (Å²) in [6.07, 6.45) is 3.76. The van der Waals surface area contributed by atoms with Crippen LogP contribution < -0.4 is 5.56 Å². The molecule has 30 heavy (non-hydrogen) atoms. The van der Waals surface area contributed by atoms with E-state index in [0.717, 1.165) is 16.7 Å². The van der Waals surface area contributed by atoms with E-state index in [1.54, 1.807) is 10.8 Å². The van der Waals surface area contributed by atoms with E-state index in [0.29, 0.717) is 35.4 Å². The van der Waals surface area contributed by atoms with Crippen molar-refractivity contribution in [2.24, 2.45) is 0 Å². The molecule has 0 aliphatic heterocycles. The third-order valence-electron chi connectivity index (χ3n) is 4.69. The predicted molar refractivity (Wildman–Crippen MR) is 115 cm³/mol. The van der Waals surface area contributed by atoms with E-state index in [-0.39, 0.29) is 11.1 Å². The van der Waals surface area contributed by atoms with Crippen molar-refractivity contribution in [3.63, 3.8) is 0 Å². The third-order valence-corrected chi connectivity index (χ3v) is 5.65. The molecule has 0 fully saturated rings. The lowest BCUT2D eigenvalue weighted by atomic mass is 10.1. The maximum atomic E-state index is 13.1. The number of fused-ring (bicyclic) bond motifs is 2. The lowest BCUT2D eigenvalue weighted by Crippen LogP contribution is -2.25. The van der Waals surface area contributed by atoms with Crippen LogP contribution in [0.5, 0.6) is 0 Å². The molecule has 0 saturated heterocycles. The van der Waals surface area contributed by atoms with Crippen molar-refractivity contribution < 1.29 is 4.42 Å². The van der Waals surface area contributed by atoms with Gasteiger partial charge in [0.2, 0.25) is 5.89 Å². The second-order valence-corrected chi connectivity index (χ2v) is 7.62. The SMILES string of the molecule is O=c1c2nccnc2nc(SCc2nc3ccccc3o2)n1CCc1ccccc1. The average molecular weight is 415 g/mol. The Hall–Kier alpha value is -3.52. The van der Waals surface area contributed by atoms with Gasteiger partial charge in [0.05, 0.1) is 5.75 Å². The van der Waals surface area contributed by atoms with Crippen LogP contribution in [0, 0.1) is 0 Å². The average Bonchev–Trinajstić information content (AvgIpc) is 3.21. The van der Waals surface area contributed by atoms with Crippen LogP contribution in [0.15, 0.2) is 81.4 Å². The van der Waals surface area contributed by atoms with Gasteiger partial charge in [-0.05, 0) is 24.1 Å². The number of benzene rings is 2. The first-order valence-corrected chi connectivity index (χ1v) is 10.5. The minimum absolute atomic E-state index is 0.191. The predicted octanol–water partition coefficient (Wildman–Crippen LogP) is 3.86. The van der Waals surface area contributed by atoms with E-state index in [1.165, 1.54) is 18.0 Å². The first kappa shape index (κ1) is 18.5. The van der Waals surface area contributed by atoms with Gasteiger partial charge >= 0.3 is 0 Å². The van der Waals surface area contributed by atoms with Crippen molar-refractivity contribution in [3.05, 3.63) is 88.8 Å². The van der Waals surface area contributed by atoms with E-state index in [2.05, 4.69) is 19.9 Å². The van der Waals surface area contributed by atoms with Crippen molar-refractivity contribution in [2.75, 3.05) is 0 Å². The monoisotopic (exact) mass is 415 g/mol. The maximum Gasteiger partial charge on any atom is 0.282 e. The number of oxazole rings is 1. The first-order valence-electron chi connectivity index (χ1n) is 9.51. The van der Waals surface area contributed by atoms with Gasteiger partial charge in [0.25, 0.3) is 5.56 Å². The molecule has 5 rings (SSSR count). The molecule has 0 atom stereocenters. The normalized spacial score (nSPS) is 11.3. The molecule has 0 spiro atoms. The van der Waals surface area contributed by atoms with E-state index >= 15 is 0 Å². The summed E-state index contributed by atoms with van der Waals surface area (Å²) >= 11 is 1.41. The Kier molecular flexibility index (Phi) is 4.98. The highest BCUT2D eigenvalue weighted by Crippen LogP contribution is 2.24. The zero-order valence-corrected chi connectivity index (χ0v) is 16.7. The molecule has 0 saturated carbocycles. The maximum absolute atomic E-state index is 13.1. The van der Waals surface area contributed by atoms with Crippen LogP contribution in [-0.2, 0) is 18.7 Å². The number of hydrogen-bond donors (Lipinski definition) is 0. The molecule has 0 radical (unpaired) electrons. The fourth-order valence-electron chi connectivity index (χ4n) is 3.23. The lowest BCUT2D eigenvalue weighted by Gasteiger charge is -2.12. The number of rotatable bonds is 6. The standard InChI is InChI=1S/C22H17N5O2S/c28-21-19-20(24-12-11-23-19)26-22(27(21)13-10-15-6-2-1-3-7-15)30-14-18-25-16-8-4-5-9-17(16)29-18/h1-9,11-12H,10,13-14H2. The number of aromatic nitrogens is 5. The summed E-state index contributed by atoms with van der Waals surface area (Å²) < 4.78 is 7.47. The first-order chi connectivity index (χ1) is 14.8. The fraction of sp³-hybridized carbons (Fsp3) is 0.136. The summed E-state index contributed by atoms with van der Waals surface area (Å²) in [5, 5.41) is 0.575. The van der Waals surface area contributed by atoms with Crippen LogP contribution >= 0.6 is 11.8 Å². The molecule has 0 bridgehead atoms. The van der Waals surface area contributed by atoms with E-state index in [9.17, 15) is 4.79 Å². The van der Waals surface area contributed by atoms with Crippen molar-refractivity contribution in [1.82, 2.24) is 24.5 Å². The van der Waals surface area contributed by atoms with Crippen molar-refractivity contribution >= 4 is 34.0 Å². The summed E-state index contributed by atoms with van der Waals surface area (Å²) in [5.41, 5.74) is 3.14. The fourth-order valence-corrected chi connectivity index (χ4v) is 4.09. The molecule has 0 unspecified atom stereocenters. The van der Waals surface area contributed by atoms with Crippen molar-refractivity contribution in [3.8, 4) is 0 Å². The van der Waals surface area contributed by atoms with E-state index < -0.39 is 0 Å². The summed E-state index contributed by atoms with van der Waals surface area (Å²) in [7, 11) is 0. The van der Waals surface area contributed by atoms with Crippen molar-refractivity contribution in [2.45, 2.75) is 23.9 Å². The molecule has 8 heteroatoms. The van der Waals surface area contributed by atoms with Crippen LogP contribution in [0.25, 0.3) is 22.3 Å². The molecule has 5 aromatic rings. The molecule has 0 aliphatic rings. The van der Waals surface area contributed by atoms with Gasteiger partial charge in [0.15, 0.2) is 21.9 Å². The van der Waals surface area contributed by atoms with Crippen LogP contribution in [0.4, 0.5) is 0 Å². The van der Waals surface area contributed by atoms with Gasteiger partial charge < -0.3 is 4.42 Å². The summed E-state index contributed by atoms with van der Waals surface area (Å²) in [6, 6.07) is 17.7. The van der Waals surface area contributed by atoms with Gasteiger partial charge in [0.1, 0.15) is 5.52 Å². The van der Waals surface area contributed by atoms with Crippen molar-refractivity contribution in [1.29, 1.82) is 0 Å². The quantitative estimate of drug-likeness (QED) is 0.307. The van der Waals surface area contributed by atoms with E-state index in [4.69, 9.17) is 4.42 Å². The molecule has 3 aromatic heterocycles. The summed E-state index contributed by atoms with van der Waals surface area (Å²) in [5.74, 6) is 1.04. The Bertz CT molecular complexity index is 1350. The molecule has 0 aliphatic carbocycles. The topological polar surface area (TPSA) is 86.7 Å². The zero-order chi connectivity index (χ0) is 20.3. The molecule has 7 nitrogen and oxygen atoms in total. The highest BCUT2D eigenvalue weighted by atomic mass is 32.2. The minimum Gasteiger partial charge on any atom is -0.440 e. The molecule has 148 valence electrons. The lowest BCUT2D eigenvalue weighted by molar-refractivity contribution is 0.554. The van der Waals surface area contributed by atoms with Gasteiger partial charge in [-0.15, -0.1) is 0 Å². The largest absolute Gasteiger partial charge is 0.440 e. The highest BCUT2D eigenvalue weighted by molar-refractivity contribution is 7.98. The van der Waals surface area contributed by atoms with Crippen LogP contribution in [0.3, 0.4) is 0 Å². The Morgan fingerprint density at radius 3 is 2.60 bits per heavy atom. The molecule has 3 heterocycles. The zero-order valence-electron chi connectivity index (χ0n) is 15.9. The minimum atomic E-state index is -0.191. The van der Waals surface area contributed by atoms with Gasteiger partial charge in [-0.1, -0.05) is 54.2 Å². The van der Waals surface area contributed by atoms with Gasteiger partial charge in [0, 0.05) is 18.9 Å². The number of para-hydroxylation sites is 2. The Morgan fingerprint density at radius 1 is 0.933 bits per heavy atom. The summed E-state index contributed by atoms with van der Waals surface area (Å²) in [6.45, 7) is 0.498. The second-order valence-electron chi connectivity index (χ2n) is 6.68. The van der Waals surface area contributed by atoms with Crippen LogP contribution in [-0.4, -0.2) is 24.5 Å². The Labute approximate surface area is 175 Å². The molecular weight excluding hydrogens is 398 g/mol. The molecular formula is C22H17N5O2S. The number of nitrogens with zero attached hydrogens (tertiary/aromatic N) is 5. The van der Waals surface area contributed by atoms with Gasteiger partial charge in [-0.3, -0.25) is 9.36 Å².